The average molecular weight is 232 g/mol. The van der Waals surface area contributed by atoms with Gasteiger partial charge in [0.2, 0.25) is 0 Å². The van der Waals surface area contributed by atoms with Crippen molar-refractivity contribution in [3.63, 3.8) is 0 Å². The lowest BCUT2D eigenvalue weighted by Crippen LogP contribution is -1.82. The maximum absolute atomic E-state index is 8.96. The minimum absolute atomic E-state index is 0.500. The van der Waals surface area contributed by atoms with Crippen molar-refractivity contribution in [3.05, 3.63) is 22.2 Å². The predicted octanol–water partition coefficient (Wildman–Crippen LogP) is 2.32. The summed E-state index contributed by atoms with van der Waals surface area (Å²) in [7, 11) is 0. The van der Waals surface area contributed by atoms with Gasteiger partial charge in [-0.15, -0.1) is 0 Å². The van der Waals surface area contributed by atoms with Crippen LogP contribution in [-0.4, -0.2) is 8.75 Å². The first-order valence-corrected chi connectivity index (χ1v) is 5.60. The molecule has 0 aliphatic rings. The van der Waals surface area contributed by atoms with Crippen molar-refractivity contribution in [2.45, 2.75) is 6.92 Å². The molecule has 6 heteroatoms. The predicted molar refractivity (Wildman–Crippen MR) is 57.4 cm³/mol. The van der Waals surface area contributed by atoms with Gasteiger partial charge in [-0.3, -0.25) is 0 Å². The molecule has 2 aromatic rings. The van der Waals surface area contributed by atoms with Crippen LogP contribution in [0.4, 0.5) is 0 Å². The maximum Gasteiger partial charge on any atom is 0.115 e. The van der Waals surface area contributed by atoms with Gasteiger partial charge in [0.05, 0.1) is 21.7 Å². The van der Waals surface area contributed by atoms with E-state index >= 15 is 0 Å². The Morgan fingerprint density at radius 1 is 1.27 bits per heavy atom. The van der Waals surface area contributed by atoms with E-state index in [0.29, 0.717) is 27.4 Å². The molecule has 0 spiro atoms. The van der Waals surface area contributed by atoms with Crippen molar-refractivity contribution in [1.82, 2.24) is 8.75 Å². The molecular weight excluding hydrogens is 228 g/mol. The van der Waals surface area contributed by atoms with Crippen LogP contribution in [0.1, 0.15) is 16.8 Å². The van der Waals surface area contributed by atoms with Crippen LogP contribution < -0.4 is 0 Å². The highest BCUT2D eigenvalue weighted by atomic mass is 32.1. The quantitative estimate of drug-likeness (QED) is 0.756. The van der Waals surface area contributed by atoms with E-state index in [9.17, 15) is 0 Å². The molecule has 72 valence electrons. The first kappa shape index (κ1) is 9.78. The Labute approximate surface area is 94.4 Å². The van der Waals surface area contributed by atoms with Gasteiger partial charge in [0.25, 0.3) is 0 Å². The second-order valence-electron chi connectivity index (χ2n) is 2.77. The van der Waals surface area contributed by atoms with Crippen LogP contribution >= 0.6 is 23.1 Å². The minimum atomic E-state index is 0.500. The maximum atomic E-state index is 8.96. The third-order valence-electron chi connectivity index (χ3n) is 1.88. The number of hydrogen-bond donors (Lipinski definition) is 0. The lowest BCUT2D eigenvalue weighted by molar-refractivity contribution is 1.31. The number of aromatic nitrogens is 2. The van der Waals surface area contributed by atoms with Gasteiger partial charge in [0.1, 0.15) is 17.8 Å². The summed E-state index contributed by atoms with van der Waals surface area (Å²) in [4.78, 5) is 0.688. The van der Waals surface area contributed by atoms with Crippen molar-refractivity contribution in [2.24, 2.45) is 0 Å². The van der Waals surface area contributed by atoms with Gasteiger partial charge in [-0.05, 0) is 30.0 Å². The molecule has 0 fully saturated rings. The molecule has 0 aromatic carbocycles. The van der Waals surface area contributed by atoms with Crippen LogP contribution in [0.5, 0.6) is 0 Å². The fourth-order valence-electron chi connectivity index (χ4n) is 1.14. The fourth-order valence-corrected chi connectivity index (χ4v) is 2.66. The van der Waals surface area contributed by atoms with Gasteiger partial charge in [0.15, 0.2) is 0 Å². The lowest BCUT2D eigenvalue weighted by Gasteiger charge is -1.91. The standard InChI is InChI=1S/C9H4N4S2/c1-5-7(3-11)9(15-12-5)8-6(2-10)4-14-13-8/h4H,1H3. The number of nitrogens with zero attached hydrogens (tertiary/aromatic N) is 4. The van der Waals surface area contributed by atoms with Crippen molar-refractivity contribution >= 4 is 23.1 Å². The first-order valence-electron chi connectivity index (χ1n) is 3.99. The van der Waals surface area contributed by atoms with Gasteiger partial charge in [-0.2, -0.15) is 19.3 Å². The van der Waals surface area contributed by atoms with E-state index in [-0.39, 0.29) is 0 Å². The molecule has 0 saturated carbocycles. The zero-order valence-electron chi connectivity index (χ0n) is 7.68. The van der Waals surface area contributed by atoms with Crippen LogP contribution in [0.3, 0.4) is 0 Å². The van der Waals surface area contributed by atoms with E-state index < -0.39 is 0 Å². The highest BCUT2D eigenvalue weighted by Crippen LogP contribution is 2.31. The Kier molecular flexibility index (Phi) is 2.46. The molecule has 0 aliphatic heterocycles. The molecule has 2 aromatic heterocycles. The topological polar surface area (TPSA) is 73.4 Å². The summed E-state index contributed by atoms with van der Waals surface area (Å²) in [6.07, 6.45) is 0. The SMILES string of the molecule is Cc1nsc(-c2nscc2C#N)c1C#N. The van der Waals surface area contributed by atoms with Gasteiger partial charge >= 0.3 is 0 Å². The smallest absolute Gasteiger partial charge is 0.115 e. The number of aryl methyl sites for hydroxylation is 1. The third kappa shape index (κ3) is 1.50. The summed E-state index contributed by atoms with van der Waals surface area (Å²) in [6.45, 7) is 1.77. The second-order valence-corrected chi connectivity index (χ2v) is 4.18. The molecule has 15 heavy (non-hydrogen) atoms. The molecule has 0 atom stereocenters. The Balaban J connectivity index is 2.66. The Bertz CT molecular complexity index is 582. The Hall–Kier alpha value is -1.76. The monoisotopic (exact) mass is 232 g/mol. The summed E-state index contributed by atoms with van der Waals surface area (Å²) in [5.74, 6) is 0. The van der Waals surface area contributed by atoms with Crippen molar-refractivity contribution in [1.29, 1.82) is 10.5 Å². The van der Waals surface area contributed by atoms with Crippen LogP contribution in [0.2, 0.25) is 0 Å². The largest absolute Gasteiger partial charge is 0.196 e. The first-order chi connectivity index (χ1) is 7.27. The van der Waals surface area contributed by atoms with E-state index in [1.807, 2.05) is 0 Å². The van der Waals surface area contributed by atoms with Crippen LogP contribution in [0, 0.1) is 29.6 Å². The summed E-state index contributed by atoms with van der Waals surface area (Å²) in [5.41, 5.74) is 2.28. The summed E-state index contributed by atoms with van der Waals surface area (Å²) < 4.78 is 8.21. The molecule has 0 radical (unpaired) electrons. The highest BCUT2D eigenvalue weighted by molar-refractivity contribution is 7.10. The lowest BCUT2D eigenvalue weighted by atomic mass is 10.1. The molecule has 0 aliphatic carbocycles. The van der Waals surface area contributed by atoms with E-state index in [1.54, 1.807) is 12.3 Å². The molecule has 0 bridgehead atoms. The molecule has 2 rings (SSSR count). The van der Waals surface area contributed by atoms with Crippen LogP contribution in [0.25, 0.3) is 10.6 Å². The molecule has 4 nitrogen and oxygen atoms in total. The van der Waals surface area contributed by atoms with E-state index in [0.717, 1.165) is 0 Å². The molecule has 0 unspecified atom stereocenters. The fraction of sp³-hybridized carbons (Fsp3) is 0.111. The van der Waals surface area contributed by atoms with Crippen molar-refractivity contribution in [2.75, 3.05) is 0 Å². The molecule has 0 saturated heterocycles. The van der Waals surface area contributed by atoms with Gasteiger partial charge in [-0.1, -0.05) is 0 Å². The van der Waals surface area contributed by atoms with Gasteiger partial charge < -0.3 is 0 Å². The third-order valence-corrected chi connectivity index (χ3v) is 3.45. The second kappa shape index (κ2) is 3.77. The Morgan fingerprint density at radius 3 is 2.73 bits per heavy atom. The summed E-state index contributed by atoms with van der Waals surface area (Å²) >= 11 is 2.42. The zero-order chi connectivity index (χ0) is 10.8. The van der Waals surface area contributed by atoms with Crippen LogP contribution in [-0.2, 0) is 0 Å². The van der Waals surface area contributed by atoms with Crippen molar-refractivity contribution in [3.8, 4) is 22.7 Å². The highest BCUT2D eigenvalue weighted by Gasteiger charge is 2.17. The summed E-state index contributed by atoms with van der Waals surface area (Å²) in [5, 5.41) is 19.5. The Morgan fingerprint density at radius 2 is 2.07 bits per heavy atom. The van der Waals surface area contributed by atoms with Gasteiger partial charge in [-0.25, -0.2) is 0 Å². The van der Waals surface area contributed by atoms with Crippen molar-refractivity contribution < 1.29 is 0 Å². The minimum Gasteiger partial charge on any atom is -0.196 e. The summed E-state index contributed by atoms with van der Waals surface area (Å²) in [6, 6.07) is 4.14. The van der Waals surface area contributed by atoms with Crippen LogP contribution in [0.15, 0.2) is 5.38 Å². The van der Waals surface area contributed by atoms with E-state index in [1.165, 1.54) is 23.1 Å². The molecular formula is C9H4N4S2. The normalized spacial score (nSPS) is 9.53. The zero-order valence-corrected chi connectivity index (χ0v) is 9.32. The number of rotatable bonds is 1. The number of nitriles is 2. The number of hydrogen-bond acceptors (Lipinski definition) is 6. The molecule has 0 amide bonds. The molecule has 2 heterocycles. The average Bonchev–Trinajstić information content (AvgIpc) is 2.82. The molecule has 0 N–H and O–H groups in total. The van der Waals surface area contributed by atoms with E-state index in [2.05, 4.69) is 20.9 Å². The van der Waals surface area contributed by atoms with E-state index in [4.69, 9.17) is 10.5 Å². The van der Waals surface area contributed by atoms with Gasteiger partial charge in [0, 0.05) is 5.38 Å².